The third-order valence-electron chi connectivity index (χ3n) is 3.52. The van der Waals surface area contributed by atoms with E-state index in [1.807, 2.05) is 31.2 Å². The van der Waals surface area contributed by atoms with Gasteiger partial charge in [-0.1, -0.05) is 29.8 Å². The number of benzene rings is 2. The second-order valence-corrected chi connectivity index (χ2v) is 5.76. The van der Waals surface area contributed by atoms with Gasteiger partial charge in [-0.3, -0.25) is 10.1 Å². The molecule has 1 N–H and O–H groups in total. The Morgan fingerprint density at radius 1 is 1.07 bits per heavy atom. The minimum atomic E-state index is -4.77. The van der Waals surface area contributed by atoms with Crippen molar-refractivity contribution in [1.82, 2.24) is 14.8 Å². The zero-order valence-electron chi connectivity index (χ0n) is 14.4. The van der Waals surface area contributed by atoms with E-state index in [0.717, 1.165) is 23.3 Å². The second-order valence-electron chi connectivity index (χ2n) is 5.76. The highest BCUT2D eigenvalue weighted by molar-refractivity contribution is 5.87. The first kappa shape index (κ1) is 18.4. The van der Waals surface area contributed by atoms with Gasteiger partial charge in [0.2, 0.25) is 11.9 Å². The number of halogens is 3. The lowest BCUT2D eigenvalue weighted by atomic mass is 10.1. The molecule has 0 bridgehead atoms. The van der Waals surface area contributed by atoms with Gasteiger partial charge in [-0.05, 0) is 31.2 Å². The maximum Gasteiger partial charge on any atom is 0.573 e. The SMILES string of the molecule is CC(=O)Nc1nc(-c2ccc(C)cc2)nn1-c1ccc(OC(F)(F)F)cc1. The minimum Gasteiger partial charge on any atom is -0.406 e. The van der Waals surface area contributed by atoms with Gasteiger partial charge in [0.15, 0.2) is 5.82 Å². The Morgan fingerprint density at radius 2 is 1.70 bits per heavy atom. The molecular weight excluding hydrogens is 361 g/mol. The van der Waals surface area contributed by atoms with Gasteiger partial charge in [0.25, 0.3) is 0 Å². The van der Waals surface area contributed by atoms with E-state index in [4.69, 9.17) is 0 Å². The molecular formula is C18H15F3N4O2. The lowest BCUT2D eigenvalue weighted by Gasteiger charge is -2.10. The normalized spacial score (nSPS) is 11.3. The van der Waals surface area contributed by atoms with Crippen LogP contribution in [0.15, 0.2) is 48.5 Å². The smallest absolute Gasteiger partial charge is 0.406 e. The van der Waals surface area contributed by atoms with Gasteiger partial charge in [-0.15, -0.1) is 18.3 Å². The fraction of sp³-hybridized carbons (Fsp3) is 0.167. The van der Waals surface area contributed by atoms with Crippen LogP contribution in [0, 0.1) is 6.92 Å². The minimum absolute atomic E-state index is 0.155. The van der Waals surface area contributed by atoms with Crippen LogP contribution in [0.1, 0.15) is 12.5 Å². The van der Waals surface area contributed by atoms with E-state index in [1.165, 1.54) is 23.7 Å². The fourth-order valence-electron chi connectivity index (χ4n) is 2.34. The van der Waals surface area contributed by atoms with Crippen molar-refractivity contribution in [2.24, 2.45) is 0 Å². The molecule has 1 aromatic heterocycles. The van der Waals surface area contributed by atoms with Crippen LogP contribution >= 0.6 is 0 Å². The van der Waals surface area contributed by atoms with Crippen LogP contribution in [-0.4, -0.2) is 27.0 Å². The van der Waals surface area contributed by atoms with Crippen LogP contribution < -0.4 is 10.1 Å². The van der Waals surface area contributed by atoms with Crippen molar-refractivity contribution < 1.29 is 22.7 Å². The molecule has 0 unspecified atom stereocenters. The number of aryl methyl sites for hydroxylation is 1. The summed E-state index contributed by atoms with van der Waals surface area (Å²) < 4.78 is 42.1. The largest absolute Gasteiger partial charge is 0.573 e. The number of hydrogen-bond donors (Lipinski definition) is 1. The Labute approximate surface area is 152 Å². The molecule has 9 heteroatoms. The number of amides is 1. The third-order valence-corrected chi connectivity index (χ3v) is 3.52. The molecule has 0 saturated carbocycles. The van der Waals surface area contributed by atoms with Gasteiger partial charge < -0.3 is 4.74 Å². The summed E-state index contributed by atoms with van der Waals surface area (Å²) in [5, 5.41) is 6.93. The first-order chi connectivity index (χ1) is 12.7. The molecule has 0 spiro atoms. The van der Waals surface area contributed by atoms with E-state index >= 15 is 0 Å². The van der Waals surface area contributed by atoms with Crippen molar-refractivity contribution in [3.8, 4) is 22.8 Å². The van der Waals surface area contributed by atoms with Crippen LogP contribution in [0.4, 0.5) is 19.1 Å². The number of anilines is 1. The van der Waals surface area contributed by atoms with Crippen LogP contribution in [0.25, 0.3) is 17.1 Å². The summed E-state index contributed by atoms with van der Waals surface area (Å²) >= 11 is 0. The number of rotatable bonds is 4. The molecule has 0 aliphatic heterocycles. The van der Waals surface area contributed by atoms with E-state index in [2.05, 4.69) is 20.1 Å². The van der Waals surface area contributed by atoms with Gasteiger partial charge in [-0.25, -0.2) is 0 Å². The molecule has 0 aliphatic rings. The summed E-state index contributed by atoms with van der Waals surface area (Å²) in [6, 6.07) is 12.6. The van der Waals surface area contributed by atoms with Crippen LogP contribution in [0.5, 0.6) is 5.75 Å². The Balaban J connectivity index is 1.97. The van der Waals surface area contributed by atoms with Crippen molar-refractivity contribution >= 4 is 11.9 Å². The monoisotopic (exact) mass is 376 g/mol. The third kappa shape index (κ3) is 4.63. The maximum absolute atomic E-state index is 12.3. The zero-order chi connectivity index (χ0) is 19.6. The molecule has 0 fully saturated rings. The van der Waals surface area contributed by atoms with E-state index in [-0.39, 0.29) is 17.6 Å². The molecule has 6 nitrogen and oxygen atoms in total. The average Bonchev–Trinajstić information content (AvgIpc) is 2.98. The van der Waals surface area contributed by atoms with Crippen LogP contribution in [0.2, 0.25) is 0 Å². The zero-order valence-corrected chi connectivity index (χ0v) is 14.4. The quantitative estimate of drug-likeness (QED) is 0.744. The second kappa shape index (κ2) is 7.10. The molecule has 1 amide bonds. The Bertz CT molecular complexity index is 948. The van der Waals surface area contributed by atoms with Gasteiger partial charge >= 0.3 is 6.36 Å². The molecule has 27 heavy (non-hydrogen) atoms. The number of alkyl halides is 3. The number of aromatic nitrogens is 3. The summed E-state index contributed by atoms with van der Waals surface area (Å²) in [7, 11) is 0. The summed E-state index contributed by atoms with van der Waals surface area (Å²) in [6.45, 7) is 3.27. The molecule has 140 valence electrons. The average molecular weight is 376 g/mol. The highest BCUT2D eigenvalue weighted by Crippen LogP contribution is 2.26. The Kier molecular flexibility index (Phi) is 4.85. The summed E-state index contributed by atoms with van der Waals surface area (Å²) in [6.07, 6.45) is -4.77. The van der Waals surface area contributed by atoms with Gasteiger partial charge in [-0.2, -0.15) is 9.67 Å². The number of carbonyl (C=O) groups is 1. The van der Waals surface area contributed by atoms with Gasteiger partial charge in [0.05, 0.1) is 5.69 Å². The van der Waals surface area contributed by atoms with Crippen molar-refractivity contribution in [1.29, 1.82) is 0 Å². The lowest BCUT2D eigenvalue weighted by molar-refractivity contribution is -0.274. The number of carbonyl (C=O) groups excluding carboxylic acids is 1. The molecule has 1 heterocycles. The van der Waals surface area contributed by atoms with E-state index in [9.17, 15) is 18.0 Å². The molecule has 0 aliphatic carbocycles. The number of hydrogen-bond acceptors (Lipinski definition) is 4. The van der Waals surface area contributed by atoms with Crippen molar-refractivity contribution in [2.75, 3.05) is 5.32 Å². The topological polar surface area (TPSA) is 69.0 Å². The van der Waals surface area contributed by atoms with E-state index < -0.39 is 6.36 Å². The molecule has 2 aromatic carbocycles. The Hall–Kier alpha value is -3.36. The highest BCUT2D eigenvalue weighted by atomic mass is 19.4. The summed E-state index contributed by atoms with van der Waals surface area (Å²) in [5.41, 5.74) is 2.22. The predicted molar refractivity (Wildman–Crippen MR) is 92.5 cm³/mol. The number of ether oxygens (including phenoxy) is 1. The first-order valence-electron chi connectivity index (χ1n) is 7.89. The van der Waals surface area contributed by atoms with Crippen molar-refractivity contribution in [3.05, 3.63) is 54.1 Å². The molecule has 0 atom stereocenters. The van der Waals surface area contributed by atoms with E-state index in [0.29, 0.717) is 11.5 Å². The lowest BCUT2D eigenvalue weighted by Crippen LogP contribution is -2.17. The highest BCUT2D eigenvalue weighted by Gasteiger charge is 2.31. The molecule has 0 radical (unpaired) electrons. The predicted octanol–water partition coefficient (Wildman–Crippen LogP) is 4.10. The fourth-order valence-corrected chi connectivity index (χ4v) is 2.34. The summed E-state index contributed by atoms with van der Waals surface area (Å²) in [5.74, 6) is -0.181. The maximum atomic E-state index is 12.3. The number of nitrogens with one attached hydrogen (secondary N) is 1. The van der Waals surface area contributed by atoms with E-state index in [1.54, 1.807) is 0 Å². The standard InChI is InChI=1S/C18H15F3N4O2/c1-11-3-5-13(6-4-11)16-23-17(22-12(2)26)25(24-16)14-7-9-15(10-8-14)27-18(19,20)21/h3-10H,1-2H3,(H,22,23,24,26). The van der Waals surface area contributed by atoms with Crippen LogP contribution in [0.3, 0.4) is 0 Å². The van der Waals surface area contributed by atoms with Gasteiger partial charge in [0, 0.05) is 12.5 Å². The van der Waals surface area contributed by atoms with Crippen LogP contribution in [-0.2, 0) is 4.79 Å². The van der Waals surface area contributed by atoms with Crippen molar-refractivity contribution in [2.45, 2.75) is 20.2 Å². The first-order valence-corrected chi connectivity index (χ1v) is 7.89. The Morgan fingerprint density at radius 3 is 2.26 bits per heavy atom. The molecule has 3 aromatic rings. The van der Waals surface area contributed by atoms with Gasteiger partial charge in [0.1, 0.15) is 5.75 Å². The molecule has 3 rings (SSSR count). The number of nitrogens with zero attached hydrogens (tertiary/aromatic N) is 3. The molecule has 0 saturated heterocycles. The summed E-state index contributed by atoms with van der Waals surface area (Å²) in [4.78, 5) is 15.8. The van der Waals surface area contributed by atoms with Crippen molar-refractivity contribution in [3.63, 3.8) is 0 Å².